The predicted molar refractivity (Wildman–Crippen MR) is 262 cm³/mol. The van der Waals surface area contributed by atoms with E-state index in [4.69, 9.17) is 9.40 Å². The fourth-order valence-electron chi connectivity index (χ4n) is 9.92. The molecular weight excluding hydrogens is 767 g/mol. The molecule has 0 radical (unpaired) electrons. The van der Waals surface area contributed by atoms with Crippen molar-refractivity contribution >= 4 is 65.5 Å². The highest BCUT2D eigenvalue weighted by molar-refractivity contribution is 6.17. The average molecular weight is 804 g/mol. The van der Waals surface area contributed by atoms with Crippen molar-refractivity contribution in [3.8, 4) is 56.2 Å². The van der Waals surface area contributed by atoms with Gasteiger partial charge in [-0.3, -0.25) is 0 Å². The smallest absolute Gasteiger partial charge is 0.147 e. The second kappa shape index (κ2) is 14.1. The number of hydrogen-bond donors (Lipinski definition) is 0. The van der Waals surface area contributed by atoms with Crippen molar-refractivity contribution in [3.05, 3.63) is 224 Å². The van der Waals surface area contributed by atoms with Crippen molar-refractivity contribution in [1.29, 1.82) is 0 Å². The molecule has 0 amide bonds. The molecule has 0 unspecified atom stereocenters. The summed E-state index contributed by atoms with van der Waals surface area (Å²) in [5.41, 5.74) is 15.8. The number of benzene rings is 9. The fraction of sp³-hybridized carbons (Fsp3) is 0. The molecule has 4 nitrogen and oxygen atoms in total. The van der Waals surface area contributed by atoms with Crippen molar-refractivity contribution < 1.29 is 4.42 Å². The van der Waals surface area contributed by atoms with Gasteiger partial charge in [-0.1, -0.05) is 170 Å². The van der Waals surface area contributed by atoms with Crippen LogP contribution in [0.5, 0.6) is 0 Å². The summed E-state index contributed by atoms with van der Waals surface area (Å²) in [4.78, 5) is 5.59. The van der Waals surface area contributed by atoms with Crippen molar-refractivity contribution in [2.24, 2.45) is 0 Å². The molecule has 63 heavy (non-hydrogen) atoms. The molecule has 0 bridgehead atoms. The molecule has 4 aromatic heterocycles. The number of nitrogens with zero attached hydrogens (tertiary/aromatic N) is 3. The molecule has 0 atom stereocenters. The second-order valence-corrected chi connectivity index (χ2v) is 16.3. The Labute approximate surface area is 363 Å². The van der Waals surface area contributed by atoms with E-state index in [1.54, 1.807) is 0 Å². The minimum Gasteiger partial charge on any atom is -0.455 e. The number of fused-ring (bicyclic) bond motifs is 9. The zero-order chi connectivity index (χ0) is 41.4. The Kier molecular flexibility index (Phi) is 7.87. The van der Waals surface area contributed by atoms with Crippen LogP contribution in [0.2, 0.25) is 0 Å². The van der Waals surface area contributed by atoms with Crippen LogP contribution in [0.25, 0.3) is 122 Å². The molecule has 4 heteroatoms. The van der Waals surface area contributed by atoms with Gasteiger partial charge in [0.05, 0.1) is 38.7 Å². The number of pyridine rings is 1. The Balaban J connectivity index is 1.11. The van der Waals surface area contributed by atoms with Crippen molar-refractivity contribution in [2.75, 3.05) is 0 Å². The number of para-hydroxylation sites is 4. The van der Waals surface area contributed by atoms with E-state index in [-0.39, 0.29) is 0 Å². The maximum absolute atomic E-state index is 7.11. The molecule has 0 aliphatic carbocycles. The standard InChI is InChI=1S/C59H37N3O/c1-4-18-38(19-5-1)55-56-57(39-20-6-2-7-21-39)60-50-36-41(32-33-49(50)59(56)63-58(55)40-22-8-3-9-23-40)42-34-43(61-51-28-14-10-24-45(51)46-25-11-15-29-52(46)61)37-44(35-42)62-53-30-16-12-26-47(53)48-27-13-17-31-54(48)62/h1-37H. The lowest BCUT2D eigenvalue weighted by atomic mass is 9.94. The van der Waals surface area contributed by atoms with E-state index in [2.05, 4.69) is 228 Å². The van der Waals surface area contributed by atoms with Crippen LogP contribution in [0.4, 0.5) is 0 Å². The normalized spacial score (nSPS) is 11.8. The van der Waals surface area contributed by atoms with Crippen LogP contribution in [-0.2, 0) is 0 Å². The van der Waals surface area contributed by atoms with E-state index in [1.807, 2.05) is 6.07 Å². The minimum atomic E-state index is 0.827. The third-order valence-corrected chi connectivity index (χ3v) is 12.7. The van der Waals surface area contributed by atoms with Gasteiger partial charge >= 0.3 is 0 Å². The fourth-order valence-corrected chi connectivity index (χ4v) is 9.92. The highest BCUT2D eigenvalue weighted by atomic mass is 16.3. The largest absolute Gasteiger partial charge is 0.455 e. The first-order valence-electron chi connectivity index (χ1n) is 21.5. The van der Waals surface area contributed by atoms with Crippen LogP contribution in [0, 0.1) is 0 Å². The summed E-state index contributed by atoms with van der Waals surface area (Å²) in [5.74, 6) is 0.835. The van der Waals surface area contributed by atoms with Gasteiger partial charge in [-0.2, -0.15) is 0 Å². The topological polar surface area (TPSA) is 35.9 Å². The third kappa shape index (κ3) is 5.52. The number of aromatic nitrogens is 3. The number of hydrogen-bond acceptors (Lipinski definition) is 2. The zero-order valence-electron chi connectivity index (χ0n) is 34.1. The highest BCUT2D eigenvalue weighted by Crippen LogP contribution is 2.47. The van der Waals surface area contributed by atoms with E-state index < -0.39 is 0 Å². The molecule has 0 spiro atoms. The summed E-state index contributed by atoms with van der Waals surface area (Å²) in [6, 6.07) is 80.1. The highest BCUT2D eigenvalue weighted by Gasteiger charge is 2.25. The first kappa shape index (κ1) is 35.3. The molecular formula is C59H37N3O. The quantitative estimate of drug-likeness (QED) is 0.168. The number of rotatable bonds is 6. The van der Waals surface area contributed by atoms with Gasteiger partial charge in [0.15, 0.2) is 0 Å². The summed E-state index contributed by atoms with van der Waals surface area (Å²) in [6.07, 6.45) is 0. The molecule has 0 fully saturated rings. The van der Waals surface area contributed by atoms with Gasteiger partial charge in [0.1, 0.15) is 11.3 Å². The van der Waals surface area contributed by atoms with Crippen molar-refractivity contribution in [2.45, 2.75) is 0 Å². The van der Waals surface area contributed by atoms with Gasteiger partial charge in [0.25, 0.3) is 0 Å². The lowest BCUT2D eigenvalue weighted by Gasteiger charge is -2.16. The van der Waals surface area contributed by atoms with Crippen LogP contribution in [0.15, 0.2) is 229 Å². The molecule has 0 aliphatic heterocycles. The Morgan fingerprint density at radius 1 is 0.333 bits per heavy atom. The van der Waals surface area contributed by atoms with Gasteiger partial charge in [0.2, 0.25) is 0 Å². The Morgan fingerprint density at radius 3 is 1.29 bits per heavy atom. The molecule has 13 aromatic rings. The average Bonchev–Trinajstić information content (AvgIpc) is 4.03. The maximum Gasteiger partial charge on any atom is 0.147 e. The summed E-state index contributed by atoms with van der Waals surface area (Å²) in [6.45, 7) is 0. The zero-order valence-corrected chi connectivity index (χ0v) is 34.1. The van der Waals surface area contributed by atoms with Gasteiger partial charge in [-0.15, -0.1) is 0 Å². The first-order chi connectivity index (χ1) is 31.3. The molecule has 4 heterocycles. The van der Waals surface area contributed by atoms with Crippen LogP contribution >= 0.6 is 0 Å². The van der Waals surface area contributed by atoms with Gasteiger partial charge < -0.3 is 13.6 Å². The Hall–Kier alpha value is -8.47. The Morgan fingerprint density at radius 2 is 0.778 bits per heavy atom. The van der Waals surface area contributed by atoms with E-state index >= 15 is 0 Å². The van der Waals surface area contributed by atoms with E-state index in [9.17, 15) is 0 Å². The van der Waals surface area contributed by atoms with Gasteiger partial charge in [-0.25, -0.2) is 4.98 Å². The summed E-state index contributed by atoms with van der Waals surface area (Å²) < 4.78 is 11.9. The maximum atomic E-state index is 7.11. The molecule has 0 aliphatic rings. The summed E-state index contributed by atoms with van der Waals surface area (Å²) >= 11 is 0. The van der Waals surface area contributed by atoms with E-state index in [1.165, 1.54) is 43.6 Å². The SMILES string of the molecule is c1ccc(-c2oc3c(c(-c4ccccc4)nc4cc(-c5cc(-n6c7ccccc7c7ccccc76)cc(-n6c7ccccc7c7ccccc76)c5)ccc43)c2-c2ccccc2)cc1. The lowest BCUT2D eigenvalue weighted by molar-refractivity contribution is 0.636. The van der Waals surface area contributed by atoms with Crippen LogP contribution in [0.3, 0.4) is 0 Å². The van der Waals surface area contributed by atoms with Crippen LogP contribution < -0.4 is 0 Å². The van der Waals surface area contributed by atoms with Crippen LogP contribution in [0.1, 0.15) is 0 Å². The second-order valence-electron chi connectivity index (χ2n) is 16.3. The molecule has 9 aromatic carbocycles. The van der Waals surface area contributed by atoms with Crippen molar-refractivity contribution in [3.63, 3.8) is 0 Å². The van der Waals surface area contributed by atoms with Crippen LogP contribution in [-0.4, -0.2) is 14.1 Å². The molecule has 294 valence electrons. The monoisotopic (exact) mass is 803 g/mol. The number of furan rings is 1. The molecule has 0 saturated carbocycles. The molecule has 0 N–H and O–H groups in total. The minimum absolute atomic E-state index is 0.827. The summed E-state index contributed by atoms with van der Waals surface area (Å²) in [5, 5.41) is 6.89. The molecule has 13 rings (SSSR count). The van der Waals surface area contributed by atoms with Gasteiger partial charge in [0, 0.05) is 55.0 Å². The van der Waals surface area contributed by atoms with Gasteiger partial charge in [-0.05, 0) is 71.3 Å². The van der Waals surface area contributed by atoms with E-state index in [0.717, 1.165) is 78.1 Å². The first-order valence-corrected chi connectivity index (χ1v) is 21.5. The third-order valence-electron chi connectivity index (χ3n) is 12.7. The predicted octanol–water partition coefficient (Wildman–Crippen LogP) is 15.8. The molecule has 0 saturated heterocycles. The summed E-state index contributed by atoms with van der Waals surface area (Å²) in [7, 11) is 0. The Bertz CT molecular complexity index is 3660. The van der Waals surface area contributed by atoms with E-state index in [0.29, 0.717) is 0 Å². The lowest BCUT2D eigenvalue weighted by Crippen LogP contribution is -2.00. The van der Waals surface area contributed by atoms with Crippen molar-refractivity contribution in [1.82, 2.24) is 14.1 Å².